The quantitative estimate of drug-likeness (QED) is 0.536. The van der Waals surface area contributed by atoms with Crippen molar-refractivity contribution in [3.8, 4) is 23.0 Å². The summed E-state index contributed by atoms with van der Waals surface area (Å²) in [7, 11) is 3.03. The Hall–Kier alpha value is -3.42. The smallest absolute Gasteiger partial charge is 0.255 e. The number of carbonyl (C=O) groups excluding carboxylic acids is 2. The standard InChI is InChI=1S/C23H30N2O6/c1-15(2)9-10-30-18-8-6-17(12-21(18)29-4)23(27)25-13-16-5-7-19(20(11-16)28-3)31-14-22(24)26/h5-8,11-12,15H,9-10,13-14H2,1-4H3,(H2,24,26)(H,25,27). The fourth-order valence-electron chi connectivity index (χ4n) is 2.71. The van der Waals surface area contributed by atoms with Gasteiger partial charge in [0.05, 0.1) is 20.8 Å². The molecule has 2 amide bonds. The predicted octanol–water partition coefficient (Wildman–Crippen LogP) is 2.92. The SMILES string of the molecule is COc1cc(C(=O)NCc2ccc(OCC(N)=O)c(OC)c2)ccc1OCCC(C)C. The number of nitrogens with one attached hydrogen (secondary N) is 1. The maximum Gasteiger partial charge on any atom is 0.255 e. The Bertz CT molecular complexity index is 898. The van der Waals surface area contributed by atoms with E-state index in [1.165, 1.54) is 7.11 Å². The highest BCUT2D eigenvalue weighted by atomic mass is 16.5. The van der Waals surface area contributed by atoms with E-state index in [9.17, 15) is 9.59 Å². The summed E-state index contributed by atoms with van der Waals surface area (Å²) in [6, 6.07) is 10.2. The van der Waals surface area contributed by atoms with E-state index in [1.54, 1.807) is 43.5 Å². The minimum Gasteiger partial charge on any atom is -0.493 e. The van der Waals surface area contributed by atoms with Crippen molar-refractivity contribution in [3.05, 3.63) is 47.5 Å². The molecule has 0 bridgehead atoms. The van der Waals surface area contributed by atoms with Gasteiger partial charge in [-0.15, -0.1) is 0 Å². The van der Waals surface area contributed by atoms with E-state index in [2.05, 4.69) is 19.2 Å². The maximum absolute atomic E-state index is 12.6. The summed E-state index contributed by atoms with van der Waals surface area (Å²) < 4.78 is 21.7. The minimum absolute atomic E-state index is 0.245. The highest BCUT2D eigenvalue weighted by molar-refractivity contribution is 5.94. The molecule has 0 heterocycles. The summed E-state index contributed by atoms with van der Waals surface area (Å²) in [6.07, 6.45) is 0.932. The van der Waals surface area contributed by atoms with Crippen molar-refractivity contribution >= 4 is 11.8 Å². The molecular formula is C23H30N2O6. The van der Waals surface area contributed by atoms with Gasteiger partial charge in [-0.3, -0.25) is 9.59 Å². The van der Waals surface area contributed by atoms with E-state index in [0.717, 1.165) is 12.0 Å². The van der Waals surface area contributed by atoms with Gasteiger partial charge in [-0.1, -0.05) is 19.9 Å². The molecule has 0 aliphatic rings. The lowest BCUT2D eigenvalue weighted by Crippen LogP contribution is -2.23. The van der Waals surface area contributed by atoms with Crippen molar-refractivity contribution in [1.29, 1.82) is 0 Å². The van der Waals surface area contributed by atoms with Crippen molar-refractivity contribution in [2.24, 2.45) is 11.7 Å². The fraction of sp³-hybridized carbons (Fsp3) is 0.391. The Morgan fingerprint density at radius 2 is 1.58 bits per heavy atom. The number of hydrogen-bond acceptors (Lipinski definition) is 6. The van der Waals surface area contributed by atoms with E-state index in [0.29, 0.717) is 41.1 Å². The molecule has 0 saturated carbocycles. The Balaban J connectivity index is 2.00. The van der Waals surface area contributed by atoms with Crippen molar-refractivity contribution in [1.82, 2.24) is 5.32 Å². The lowest BCUT2D eigenvalue weighted by Gasteiger charge is -2.14. The molecule has 0 atom stereocenters. The van der Waals surface area contributed by atoms with E-state index in [-0.39, 0.29) is 19.1 Å². The molecule has 2 aromatic rings. The fourth-order valence-corrected chi connectivity index (χ4v) is 2.71. The van der Waals surface area contributed by atoms with Gasteiger partial charge in [0.1, 0.15) is 0 Å². The molecule has 0 saturated heterocycles. The highest BCUT2D eigenvalue weighted by Crippen LogP contribution is 2.29. The molecule has 0 aromatic heterocycles. The number of nitrogens with two attached hydrogens (primary N) is 1. The zero-order chi connectivity index (χ0) is 22.8. The normalized spacial score (nSPS) is 10.5. The minimum atomic E-state index is -0.579. The van der Waals surface area contributed by atoms with E-state index in [1.807, 2.05) is 0 Å². The lowest BCUT2D eigenvalue weighted by molar-refractivity contribution is -0.119. The Morgan fingerprint density at radius 1 is 0.935 bits per heavy atom. The first-order valence-electron chi connectivity index (χ1n) is 10.0. The summed E-state index contributed by atoms with van der Waals surface area (Å²) >= 11 is 0. The molecule has 2 rings (SSSR count). The number of benzene rings is 2. The molecule has 31 heavy (non-hydrogen) atoms. The van der Waals surface area contributed by atoms with Crippen LogP contribution in [-0.4, -0.2) is 39.2 Å². The summed E-state index contributed by atoms with van der Waals surface area (Å²) in [5.41, 5.74) is 6.36. The molecule has 0 aliphatic carbocycles. The van der Waals surface area contributed by atoms with Gasteiger partial charge < -0.3 is 30.0 Å². The topological polar surface area (TPSA) is 109 Å². The second kappa shape index (κ2) is 11.7. The second-order valence-corrected chi connectivity index (χ2v) is 7.32. The summed E-state index contributed by atoms with van der Waals surface area (Å²) in [6.45, 7) is 4.88. The first-order valence-corrected chi connectivity index (χ1v) is 10.0. The van der Waals surface area contributed by atoms with Crippen LogP contribution in [0.1, 0.15) is 36.2 Å². The van der Waals surface area contributed by atoms with Crippen molar-refractivity contribution in [2.75, 3.05) is 27.4 Å². The first-order chi connectivity index (χ1) is 14.8. The zero-order valence-corrected chi connectivity index (χ0v) is 18.4. The van der Waals surface area contributed by atoms with Crippen molar-refractivity contribution in [3.63, 3.8) is 0 Å². The van der Waals surface area contributed by atoms with Crippen LogP contribution in [0, 0.1) is 5.92 Å². The van der Waals surface area contributed by atoms with Crippen LogP contribution in [0.25, 0.3) is 0 Å². The number of primary amides is 1. The van der Waals surface area contributed by atoms with Crippen LogP contribution in [0.4, 0.5) is 0 Å². The van der Waals surface area contributed by atoms with Crippen LogP contribution in [0.3, 0.4) is 0 Å². The van der Waals surface area contributed by atoms with Gasteiger partial charge in [0.15, 0.2) is 29.6 Å². The number of hydrogen-bond donors (Lipinski definition) is 2. The number of methoxy groups -OCH3 is 2. The van der Waals surface area contributed by atoms with Crippen LogP contribution < -0.4 is 30.0 Å². The number of amides is 2. The van der Waals surface area contributed by atoms with Crippen LogP contribution in [0.15, 0.2) is 36.4 Å². The molecule has 0 aliphatic heterocycles. The van der Waals surface area contributed by atoms with E-state index < -0.39 is 5.91 Å². The summed E-state index contributed by atoms with van der Waals surface area (Å²) in [5, 5.41) is 2.86. The molecule has 168 valence electrons. The van der Waals surface area contributed by atoms with Gasteiger partial charge in [-0.25, -0.2) is 0 Å². The molecular weight excluding hydrogens is 400 g/mol. The van der Waals surface area contributed by atoms with Gasteiger partial charge >= 0.3 is 0 Å². The zero-order valence-electron chi connectivity index (χ0n) is 18.4. The molecule has 3 N–H and O–H groups in total. The molecule has 8 nitrogen and oxygen atoms in total. The van der Waals surface area contributed by atoms with Gasteiger partial charge in [0.25, 0.3) is 11.8 Å². The summed E-state index contributed by atoms with van der Waals surface area (Å²) in [5.74, 6) is 1.67. The summed E-state index contributed by atoms with van der Waals surface area (Å²) in [4.78, 5) is 23.5. The van der Waals surface area contributed by atoms with Crippen LogP contribution >= 0.6 is 0 Å². The highest BCUT2D eigenvalue weighted by Gasteiger charge is 2.13. The Kier molecular flexibility index (Phi) is 8.99. The van der Waals surface area contributed by atoms with Crippen molar-refractivity contribution in [2.45, 2.75) is 26.8 Å². The molecule has 2 aromatic carbocycles. The van der Waals surface area contributed by atoms with Crippen LogP contribution in [0.5, 0.6) is 23.0 Å². The molecule has 8 heteroatoms. The predicted molar refractivity (Wildman–Crippen MR) is 117 cm³/mol. The Labute approximate surface area is 182 Å². The average Bonchev–Trinajstić information content (AvgIpc) is 2.75. The van der Waals surface area contributed by atoms with Gasteiger partial charge in [-0.05, 0) is 48.2 Å². The number of carbonyl (C=O) groups is 2. The van der Waals surface area contributed by atoms with Crippen LogP contribution in [-0.2, 0) is 11.3 Å². The largest absolute Gasteiger partial charge is 0.493 e. The molecule has 0 unspecified atom stereocenters. The first kappa shape index (κ1) is 23.9. The molecule has 0 fully saturated rings. The third-order valence-electron chi connectivity index (χ3n) is 4.43. The molecule has 0 spiro atoms. The van der Waals surface area contributed by atoms with E-state index >= 15 is 0 Å². The van der Waals surface area contributed by atoms with Gasteiger partial charge in [-0.2, -0.15) is 0 Å². The van der Waals surface area contributed by atoms with Crippen LogP contribution in [0.2, 0.25) is 0 Å². The maximum atomic E-state index is 12.6. The number of rotatable bonds is 12. The van der Waals surface area contributed by atoms with Crippen molar-refractivity contribution < 1.29 is 28.5 Å². The average molecular weight is 431 g/mol. The van der Waals surface area contributed by atoms with E-state index in [4.69, 9.17) is 24.7 Å². The monoisotopic (exact) mass is 430 g/mol. The third-order valence-corrected chi connectivity index (χ3v) is 4.43. The second-order valence-electron chi connectivity index (χ2n) is 7.32. The molecule has 0 radical (unpaired) electrons. The third kappa shape index (κ3) is 7.40. The Morgan fingerprint density at radius 3 is 2.23 bits per heavy atom. The van der Waals surface area contributed by atoms with Gasteiger partial charge in [0.2, 0.25) is 0 Å². The van der Waals surface area contributed by atoms with Gasteiger partial charge in [0, 0.05) is 12.1 Å². The number of ether oxygens (including phenoxy) is 4. The lowest BCUT2D eigenvalue weighted by atomic mass is 10.1.